The Morgan fingerprint density at radius 2 is 1.73 bits per heavy atom. The number of nitrogen functional groups attached to an aromatic ring is 1. The summed E-state index contributed by atoms with van der Waals surface area (Å²) >= 11 is 0. The molecule has 2 heterocycles. The first-order chi connectivity index (χ1) is 19.0. The molecule has 0 fully saturated rings. The third-order valence-electron chi connectivity index (χ3n) is 5.98. The molecule has 4 rings (SSSR count). The van der Waals surface area contributed by atoms with E-state index < -0.39 is 23.5 Å². The van der Waals surface area contributed by atoms with Crippen molar-refractivity contribution in [1.29, 1.82) is 0 Å². The van der Waals surface area contributed by atoms with Crippen molar-refractivity contribution in [2.24, 2.45) is 5.73 Å². The number of aryl methyl sites for hydroxylation is 1. The van der Waals surface area contributed by atoms with Crippen LogP contribution in [0.15, 0.2) is 67.0 Å². The van der Waals surface area contributed by atoms with Crippen molar-refractivity contribution >= 4 is 23.2 Å². The monoisotopic (exact) mass is 553 g/mol. The number of benzene rings is 2. The number of nitrogens with two attached hydrogens (primary N) is 2. The Morgan fingerprint density at radius 1 is 1.02 bits per heavy atom. The summed E-state index contributed by atoms with van der Waals surface area (Å²) < 4.78 is 53.2. The van der Waals surface area contributed by atoms with E-state index in [1.165, 1.54) is 12.1 Å². The predicted molar refractivity (Wildman–Crippen MR) is 145 cm³/mol. The Hall–Kier alpha value is -4.58. The Labute approximate surface area is 227 Å². The summed E-state index contributed by atoms with van der Waals surface area (Å²) in [6.45, 7) is 2.07. The molecule has 0 aliphatic rings. The third-order valence-corrected chi connectivity index (χ3v) is 5.98. The maximum absolute atomic E-state index is 13.3. The summed E-state index contributed by atoms with van der Waals surface area (Å²) in [5, 5.41) is 5.40. The van der Waals surface area contributed by atoms with Gasteiger partial charge in [-0.15, -0.1) is 0 Å². The Bertz CT molecular complexity index is 1470. The molecule has 4 aromatic rings. The van der Waals surface area contributed by atoms with Gasteiger partial charge < -0.3 is 22.1 Å². The first-order valence-electron chi connectivity index (χ1n) is 12.3. The number of carbonyl (C=O) groups excluding carboxylic acids is 1. The molecular weight excluding hydrogens is 526 g/mol. The van der Waals surface area contributed by atoms with Gasteiger partial charge in [0.25, 0.3) is 5.91 Å². The largest absolute Gasteiger partial charge is 0.417 e. The highest BCUT2D eigenvalue weighted by atomic mass is 19.4. The number of aromatic nitrogens is 3. The van der Waals surface area contributed by atoms with E-state index in [1.54, 1.807) is 6.20 Å². The third kappa shape index (κ3) is 7.29. The van der Waals surface area contributed by atoms with E-state index in [-0.39, 0.29) is 29.7 Å². The molecular formula is C28H27F4N7O. The van der Waals surface area contributed by atoms with Gasteiger partial charge in [-0.3, -0.25) is 4.79 Å². The first-order valence-corrected chi connectivity index (χ1v) is 12.3. The summed E-state index contributed by atoms with van der Waals surface area (Å²) in [7, 11) is 0. The maximum atomic E-state index is 13.3. The molecule has 2 aromatic heterocycles. The van der Waals surface area contributed by atoms with Gasteiger partial charge in [0, 0.05) is 30.0 Å². The van der Waals surface area contributed by atoms with Gasteiger partial charge in [0.15, 0.2) is 0 Å². The summed E-state index contributed by atoms with van der Waals surface area (Å²) in [6, 6.07) is 12.9. The van der Waals surface area contributed by atoms with E-state index in [9.17, 15) is 22.4 Å². The van der Waals surface area contributed by atoms with E-state index in [0.29, 0.717) is 29.8 Å². The number of rotatable bonds is 9. The van der Waals surface area contributed by atoms with Gasteiger partial charge in [-0.1, -0.05) is 24.3 Å². The van der Waals surface area contributed by atoms with Crippen LogP contribution in [0.3, 0.4) is 0 Å². The van der Waals surface area contributed by atoms with E-state index in [0.717, 1.165) is 35.7 Å². The number of pyridine rings is 1. The topological polar surface area (TPSA) is 132 Å². The van der Waals surface area contributed by atoms with Gasteiger partial charge in [0.2, 0.25) is 0 Å². The van der Waals surface area contributed by atoms with Crippen LogP contribution in [0.2, 0.25) is 0 Å². The number of alkyl halides is 3. The summed E-state index contributed by atoms with van der Waals surface area (Å²) in [5.41, 5.74) is 13.5. The number of halogens is 4. The fourth-order valence-electron chi connectivity index (χ4n) is 3.77. The van der Waals surface area contributed by atoms with E-state index in [1.807, 2.05) is 31.2 Å². The minimum Gasteiger partial charge on any atom is -0.382 e. The maximum Gasteiger partial charge on any atom is 0.417 e. The molecule has 6 N–H and O–H groups in total. The molecule has 0 saturated carbocycles. The van der Waals surface area contributed by atoms with Crippen LogP contribution in [-0.4, -0.2) is 26.9 Å². The molecule has 208 valence electrons. The molecule has 12 heteroatoms. The van der Waals surface area contributed by atoms with Crippen LogP contribution < -0.4 is 22.1 Å². The van der Waals surface area contributed by atoms with E-state index >= 15 is 0 Å². The van der Waals surface area contributed by atoms with Crippen molar-refractivity contribution in [3.63, 3.8) is 0 Å². The molecule has 0 saturated heterocycles. The van der Waals surface area contributed by atoms with Crippen molar-refractivity contribution in [2.75, 3.05) is 16.4 Å². The molecule has 0 aliphatic carbocycles. The average molecular weight is 554 g/mol. The molecule has 40 heavy (non-hydrogen) atoms. The number of nitrogens with one attached hydrogen (secondary N) is 2. The van der Waals surface area contributed by atoms with Crippen LogP contribution in [0, 0.1) is 5.82 Å². The number of hydrogen-bond acceptors (Lipinski definition) is 7. The molecule has 1 unspecified atom stereocenters. The molecule has 0 aliphatic heterocycles. The number of hydrogen-bond donors (Lipinski definition) is 4. The Balaban J connectivity index is 1.51. The quantitative estimate of drug-likeness (QED) is 0.204. The van der Waals surface area contributed by atoms with Crippen molar-refractivity contribution in [3.05, 3.63) is 95.2 Å². The SMILES string of the molecule is CC(N)CCc1nc(-c2ccc(CNc3ncc(C(F)(F)F)cc3C(=O)Nc3ccc(F)cc3)cc2)cnc1N. The lowest BCUT2D eigenvalue weighted by molar-refractivity contribution is -0.137. The second kappa shape index (κ2) is 12.1. The van der Waals surface area contributed by atoms with Crippen molar-refractivity contribution < 1.29 is 22.4 Å². The van der Waals surface area contributed by atoms with Crippen molar-refractivity contribution in [3.8, 4) is 11.3 Å². The highest BCUT2D eigenvalue weighted by Crippen LogP contribution is 2.31. The van der Waals surface area contributed by atoms with Gasteiger partial charge in [-0.25, -0.2) is 19.3 Å². The van der Waals surface area contributed by atoms with Crippen LogP contribution in [-0.2, 0) is 19.1 Å². The zero-order valence-electron chi connectivity index (χ0n) is 21.5. The molecule has 1 amide bonds. The minimum absolute atomic E-state index is 0.00491. The Kier molecular flexibility index (Phi) is 8.58. The lowest BCUT2D eigenvalue weighted by Crippen LogP contribution is -2.18. The smallest absolute Gasteiger partial charge is 0.382 e. The first kappa shape index (κ1) is 28.4. The van der Waals surface area contributed by atoms with Gasteiger partial charge in [-0.2, -0.15) is 13.2 Å². The Morgan fingerprint density at radius 3 is 2.38 bits per heavy atom. The number of carbonyl (C=O) groups is 1. The van der Waals surface area contributed by atoms with Crippen LogP contribution in [0.25, 0.3) is 11.3 Å². The van der Waals surface area contributed by atoms with E-state index in [2.05, 4.69) is 25.6 Å². The summed E-state index contributed by atoms with van der Waals surface area (Å²) in [4.78, 5) is 25.6. The van der Waals surface area contributed by atoms with Crippen LogP contribution in [0.4, 0.5) is 34.9 Å². The second-order valence-electron chi connectivity index (χ2n) is 9.23. The average Bonchev–Trinajstić information content (AvgIpc) is 2.92. The highest BCUT2D eigenvalue weighted by Gasteiger charge is 2.32. The number of nitrogens with zero attached hydrogens (tertiary/aromatic N) is 3. The second-order valence-corrected chi connectivity index (χ2v) is 9.23. The standard InChI is InChI=1S/C28H27F4N7O/c1-16(33)2-11-23-25(34)35-15-24(39-23)18-5-3-17(4-6-18)13-36-26-22(12-19(14-37-26)28(30,31)32)27(40)38-21-9-7-20(29)8-10-21/h3-10,12,14-16H,2,11,13,33H2,1H3,(H2,34,35)(H,36,37)(H,38,40). The fraction of sp³-hybridized carbons (Fsp3) is 0.214. The molecule has 2 aromatic carbocycles. The van der Waals surface area contributed by atoms with Crippen LogP contribution in [0.1, 0.15) is 40.5 Å². The zero-order chi connectivity index (χ0) is 28.9. The normalized spacial score (nSPS) is 12.2. The highest BCUT2D eigenvalue weighted by molar-refractivity contribution is 6.07. The lowest BCUT2D eigenvalue weighted by Gasteiger charge is -2.14. The summed E-state index contributed by atoms with van der Waals surface area (Å²) in [5.74, 6) is -1.03. The van der Waals surface area contributed by atoms with Gasteiger partial charge in [0.1, 0.15) is 17.5 Å². The molecule has 0 radical (unpaired) electrons. The van der Waals surface area contributed by atoms with Gasteiger partial charge in [-0.05, 0) is 55.7 Å². The van der Waals surface area contributed by atoms with Gasteiger partial charge >= 0.3 is 6.18 Å². The molecule has 8 nitrogen and oxygen atoms in total. The van der Waals surface area contributed by atoms with E-state index in [4.69, 9.17) is 11.5 Å². The van der Waals surface area contributed by atoms with Crippen LogP contribution >= 0.6 is 0 Å². The predicted octanol–water partition coefficient (Wildman–Crippen LogP) is 5.42. The molecule has 1 atom stereocenters. The lowest BCUT2D eigenvalue weighted by atomic mass is 10.1. The zero-order valence-corrected chi connectivity index (χ0v) is 21.5. The van der Waals surface area contributed by atoms with Gasteiger partial charge in [0.05, 0.1) is 28.7 Å². The van der Waals surface area contributed by atoms with Crippen LogP contribution in [0.5, 0.6) is 0 Å². The minimum atomic E-state index is -4.69. The molecule has 0 bridgehead atoms. The molecule has 0 spiro atoms. The fourth-order valence-corrected chi connectivity index (χ4v) is 3.77. The number of anilines is 3. The van der Waals surface area contributed by atoms with Crippen molar-refractivity contribution in [1.82, 2.24) is 15.0 Å². The summed E-state index contributed by atoms with van der Waals surface area (Å²) in [6.07, 6.45) is -1.14. The number of amides is 1. The van der Waals surface area contributed by atoms with Crippen molar-refractivity contribution in [2.45, 2.75) is 38.5 Å².